The van der Waals surface area contributed by atoms with Crippen LogP contribution in [-0.4, -0.2) is 48.8 Å². The SMILES string of the molecule is O=C1CN(c2ccc(NC(=O)NC3CCC(O)CC3)cc2Cl)CCN1. The molecule has 1 heterocycles. The van der Waals surface area contributed by atoms with E-state index in [0.29, 0.717) is 23.8 Å². The molecule has 1 aromatic carbocycles. The number of carbonyl (C=O) groups is 2. The highest BCUT2D eigenvalue weighted by molar-refractivity contribution is 6.33. The van der Waals surface area contributed by atoms with Gasteiger partial charge in [0.05, 0.1) is 23.4 Å². The lowest BCUT2D eigenvalue weighted by molar-refractivity contribution is -0.120. The highest BCUT2D eigenvalue weighted by atomic mass is 35.5. The average molecular weight is 367 g/mol. The minimum atomic E-state index is -0.275. The first-order valence-electron chi connectivity index (χ1n) is 8.58. The summed E-state index contributed by atoms with van der Waals surface area (Å²) in [7, 11) is 0. The summed E-state index contributed by atoms with van der Waals surface area (Å²) in [5.41, 5.74) is 1.38. The zero-order valence-corrected chi connectivity index (χ0v) is 14.7. The van der Waals surface area contributed by atoms with E-state index in [1.165, 1.54) is 0 Å². The molecule has 0 radical (unpaired) electrons. The van der Waals surface area contributed by atoms with Crippen LogP contribution >= 0.6 is 11.6 Å². The predicted molar refractivity (Wildman–Crippen MR) is 97.1 cm³/mol. The van der Waals surface area contributed by atoms with Crippen molar-refractivity contribution in [2.75, 3.05) is 29.9 Å². The van der Waals surface area contributed by atoms with Crippen molar-refractivity contribution in [3.8, 4) is 0 Å². The van der Waals surface area contributed by atoms with Gasteiger partial charge in [0.2, 0.25) is 5.91 Å². The van der Waals surface area contributed by atoms with Gasteiger partial charge in [0.15, 0.2) is 0 Å². The lowest BCUT2D eigenvalue weighted by Crippen LogP contribution is -2.47. The molecule has 3 rings (SSSR count). The van der Waals surface area contributed by atoms with Crippen LogP contribution < -0.4 is 20.9 Å². The summed E-state index contributed by atoms with van der Waals surface area (Å²) in [5.74, 6) is -0.0264. The fourth-order valence-electron chi connectivity index (χ4n) is 3.26. The molecule has 25 heavy (non-hydrogen) atoms. The molecule has 7 nitrogen and oxygen atoms in total. The second-order valence-electron chi connectivity index (χ2n) is 6.54. The van der Waals surface area contributed by atoms with Crippen molar-refractivity contribution < 1.29 is 14.7 Å². The van der Waals surface area contributed by atoms with Crippen LogP contribution in [0.15, 0.2) is 18.2 Å². The Morgan fingerprint density at radius 1 is 1.28 bits per heavy atom. The summed E-state index contributed by atoms with van der Waals surface area (Å²) < 4.78 is 0. The van der Waals surface area contributed by atoms with E-state index >= 15 is 0 Å². The molecule has 2 fully saturated rings. The summed E-state index contributed by atoms with van der Waals surface area (Å²) in [6.45, 7) is 1.57. The number of piperazine rings is 1. The quantitative estimate of drug-likeness (QED) is 0.655. The average Bonchev–Trinajstić information content (AvgIpc) is 2.57. The van der Waals surface area contributed by atoms with Crippen LogP contribution in [0.3, 0.4) is 0 Å². The van der Waals surface area contributed by atoms with Crippen LogP contribution in [0.5, 0.6) is 0 Å². The van der Waals surface area contributed by atoms with Gasteiger partial charge in [-0.15, -0.1) is 0 Å². The van der Waals surface area contributed by atoms with Crippen molar-refractivity contribution in [3.05, 3.63) is 23.2 Å². The monoisotopic (exact) mass is 366 g/mol. The van der Waals surface area contributed by atoms with Gasteiger partial charge in [-0.2, -0.15) is 0 Å². The molecule has 4 N–H and O–H groups in total. The molecule has 0 unspecified atom stereocenters. The van der Waals surface area contributed by atoms with E-state index in [1.54, 1.807) is 12.1 Å². The summed E-state index contributed by atoms with van der Waals surface area (Å²) in [5, 5.41) is 18.5. The van der Waals surface area contributed by atoms with Gasteiger partial charge in [-0.25, -0.2) is 4.79 Å². The Hall–Kier alpha value is -1.99. The standard InChI is InChI=1S/C17H23ClN4O3/c18-14-9-12(3-6-15(14)22-8-7-19-16(24)10-22)21-17(25)20-11-1-4-13(23)5-2-11/h3,6,9,11,13,23H,1-2,4-5,7-8,10H2,(H,19,24)(H2,20,21,25). The van der Waals surface area contributed by atoms with E-state index in [0.717, 1.165) is 31.4 Å². The van der Waals surface area contributed by atoms with Gasteiger partial charge in [-0.3, -0.25) is 4.79 Å². The van der Waals surface area contributed by atoms with E-state index in [1.807, 2.05) is 11.0 Å². The molecule has 1 saturated carbocycles. The first-order chi connectivity index (χ1) is 12.0. The number of nitrogens with zero attached hydrogens (tertiary/aromatic N) is 1. The number of aliphatic hydroxyl groups excluding tert-OH is 1. The molecule has 1 aromatic rings. The number of hydrogen-bond donors (Lipinski definition) is 4. The Morgan fingerprint density at radius 3 is 2.72 bits per heavy atom. The van der Waals surface area contributed by atoms with Crippen molar-refractivity contribution in [2.24, 2.45) is 0 Å². The molecule has 136 valence electrons. The van der Waals surface area contributed by atoms with Gasteiger partial charge in [-0.05, 0) is 43.9 Å². The molecule has 3 amide bonds. The molecule has 2 aliphatic rings. The highest BCUT2D eigenvalue weighted by Gasteiger charge is 2.21. The maximum absolute atomic E-state index is 12.1. The number of halogens is 1. The van der Waals surface area contributed by atoms with Crippen LogP contribution in [0.2, 0.25) is 5.02 Å². The minimum Gasteiger partial charge on any atom is -0.393 e. The number of carbonyl (C=O) groups excluding carboxylic acids is 2. The van der Waals surface area contributed by atoms with Crippen molar-refractivity contribution in [3.63, 3.8) is 0 Å². The van der Waals surface area contributed by atoms with Gasteiger partial charge >= 0.3 is 6.03 Å². The number of amides is 3. The largest absolute Gasteiger partial charge is 0.393 e. The van der Waals surface area contributed by atoms with Crippen molar-refractivity contribution in [2.45, 2.75) is 37.8 Å². The van der Waals surface area contributed by atoms with Crippen LogP contribution in [0.25, 0.3) is 0 Å². The van der Waals surface area contributed by atoms with Gasteiger partial charge in [0, 0.05) is 24.8 Å². The first kappa shape index (κ1) is 17.8. The number of rotatable bonds is 3. The molecule has 1 aliphatic carbocycles. The van der Waals surface area contributed by atoms with E-state index < -0.39 is 0 Å². The molecular formula is C17H23ClN4O3. The van der Waals surface area contributed by atoms with Crippen LogP contribution in [0.4, 0.5) is 16.2 Å². The van der Waals surface area contributed by atoms with Crippen molar-refractivity contribution >= 4 is 34.9 Å². The number of nitrogens with one attached hydrogen (secondary N) is 3. The Morgan fingerprint density at radius 2 is 2.04 bits per heavy atom. The Bertz CT molecular complexity index is 647. The van der Waals surface area contributed by atoms with Crippen LogP contribution in [-0.2, 0) is 4.79 Å². The predicted octanol–water partition coefficient (Wildman–Crippen LogP) is 1.70. The lowest BCUT2D eigenvalue weighted by atomic mass is 9.93. The van der Waals surface area contributed by atoms with Gasteiger partial charge in [0.1, 0.15) is 0 Å². The van der Waals surface area contributed by atoms with Gasteiger partial charge < -0.3 is 26.0 Å². The lowest BCUT2D eigenvalue weighted by Gasteiger charge is -2.29. The fourth-order valence-corrected chi connectivity index (χ4v) is 3.56. The van der Waals surface area contributed by atoms with E-state index in [-0.39, 0.29) is 30.6 Å². The zero-order chi connectivity index (χ0) is 17.8. The smallest absolute Gasteiger partial charge is 0.319 e. The van der Waals surface area contributed by atoms with Crippen molar-refractivity contribution in [1.82, 2.24) is 10.6 Å². The second-order valence-corrected chi connectivity index (χ2v) is 6.95. The summed E-state index contributed by atoms with van der Waals surface area (Å²) in [4.78, 5) is 25.5. The molecule has 0 aromatic heterocycles. The highest BCUT2D eigenvalue weighted by Crippen LogP contribution is 2.29. The molecule has 0 atom stereocenters. The van der Waals surface area contributed by atoms with Gasteiger partial charge in [-0.1, -0.05) is 11.6 Å². The maximum Gasteiger partial charge on any atom is 0.319 e. The van der Waals surface area contributed by atoms with Crippen molar-refractivity contribution in [1.29, 1.82) is 0 Å². The summed E-state index contributed by atoms with van der Waals surface area (Å²) in [6, 6.07) is 5.09. The molecule has 0 spiro atoms. The number of anilines is 2. The summed E-state index contributed by atoms with van der Waals surface area (Å²) in [6.07, 6.45) is 2.75. The van der Waals surface area contributed by atoms with Crippen LogP contribution in [0.1, 0.15) is 25.7 Å². The molecule has 1 saturated heterocycles. The molecule has 1 aliphatic heterocycles. The van der Waals surface area contributed by atoms with E-state index in [2.05, 4.69) is 16.0 Å². The number of benzene rings is 1. The second kappa shape index (κ2) is 7.93. The maximum atomic E-state index is 12.1. The number of urea groups is 1. The van der Waals surface area contributed by atoms with E-state index in [9.17, 15) is 14.7 Å². The number of aliphatic hydroxyl groups is 1. The third kappa shape index (κ3) is 4.76. The Labute approximate surface area is 151 Å². The topological polar surface area (TPSA) is 93.7 Å². The zero-order valence-electron chi connectivity index (χ0n) is 13.9. The minimum absolute atomic E-state index is 0.0264. The molecule has 8 heteroatoms. The third-order valence-corrected chi connectivity index (χ3v) is 4.92. The molecule has 0 bridgehead atoms. The van der Waals surface area contributed by atoms with Gasteiger partial charge in [0.25, 0.3) is 0 Å². The van der Waals surface area contributed by atoms with Crippen LogP contribution in [0, 0.1) is 0 Å². The normalized spacial score (nSPS) is 23.8. The Balaban J connectivity index is 1.57. The fraction of sp³-hybridized carbons (Fsp3) is 0.529. The molecular weight excluding hydrogens is 344 g/mol. The Kier molecular flexibility index (Phi) is 5.65. The first-order valence-corrected chi connectivity index (χ1v) is 8.96. The van der Waals surface area contributed by atoms with E-state index in [4.69, 9.17) is 11.6 Å². The number of hydrogen-bond acceptors (Lipinski definition) is 4. The summed E-state index contributed by atoms with van der Waals surface area (Å²) >= 11 is 6.33. The third-order valence-electron chi connectivity index (χ3n) is 4.62.